The molecule has 1 unspecified atom stereocenters. The average Bonchev–Trinajstić information content (AvgIpc) is 2.36. The molecule has 1 atom stereocenters. The van der Waals surface area contributed by atoms with Crippen molar-refractivity contribution in [2.24, 2.45) is 0 Å². The van der Waals surface area contributed by atoms with Crippen molar-refractivity contribution >= 4 is 49.7 Å². The standard InChI is InChI=1S/C13H10Br2N2O3/c1-7(14)6-17-12(19)10(11(18)16-13(17)20)8-4-2-3-5-9(8)15/h2-5,10H,1,6H2,(H,16,18,20). The second-order valence-corrected chi connectivity index (χ2v) is 6.17. The van der Waals surface area contributed by atoms with E-state index in [2.05, 4.69) is 43.8 Å². The molecule has 20 heavy (non-hydrogen) atoms. The summed E-state index contributed by atoms with van der Waals surface area (Å²) in [5.74, 6) is -2.23. The third-order valence-corrected chi connectivity index (χ3v) is 3.77. The zero-order valence-electron chi connectivity index (χ0n) is 10.2. The van der Waals surface area contributed by atoms with Gasteiger partial charge in [-0.2, -0.15) is 0 Å². The highest BCUT2D eigenvalue weighted by Crippen LogP contribution is 2.29. The SMILES string of the molecule is C=C(Br)CN1C(=O)NC(=O)C(c2ccccc2Br)C1=O. The fourth-order valence-electron chi connectivity index (χ4n) is 1.92. The highest BCUT2D eigenvalue weighted by molar-refractivity contribution is 9.11. The van der Waals surface area contributed by atoms with Crippen molar-refractivity contribution in [2.45, 2.75) is 5.92 Å². The first-order valence-electron chi connectivity index (χ1n) is 5.65. The first kappa shape index (κ1) is 14.9. The number of urea groups is 1. The topological polar surface area (TPSA) is 66.5 Å². The second-order valence-electron chi connectivity index (χ2n) is 4.19. The molecular formula is C13H10Br2N2O3. The molecule has 5 nitrogen and oxygen atoms in total. The average molecular weight is 402 g/mol. The van der Waals surface area contributed by atoms with Gasteiger partial charge >= 0.3 is 6.03 Å². The molecule has 0 bridgehead atoms. The molecule has 2 rings (SSSR count). The summed E-state index contributed by atoms with van der Waals surface area (Å²) in [5, 5.41) is 2.19. The van der Waals surface area contributed by atoms with Crippen LogP contribution in [-0.2, 0) is 9.59 Å². The largest absolute Gasteiger partial charge is 0.331 e. The van der Waals surface area contributed by atoms with Crippen molar-refractivity contribution in [2.75, 3.05) is 6.54 Å². The van der Waals surface area contributed by atoms with Crippen LogP contribution in [0.3, 0.4) is 0 Å². The molecule has 104 valence electrons. The highest BCUT2D eigenvalue weighted by Gasteiger charge is 2.41. The van der Waals surface area contributed by atoms with Crippen molar-refractivity contribution in [3.8, 4) is 0 Å². The smallest absolute Gasteiger partial charge is 0.277 e. The van der Waals surface area contributed by atoms with E-state index in [0.717, 1.165) is 4.90 Å². The van der Waals surface area contributed by atoms with Gasteiger partial charge < -0.3 is 0 Å². The molecule has 1 N–H and O–H groups in total. The third kappa shape index (κ3) is 2.83. The maximum Gasteiger partial charge on any atom is 0.331 e. The van der Waals surface area contributed by atoms with Gasteiger partial charge in [-0.05, 0) is 11.6 Å². The van der Waals surface area contributed by atoms with Crippen LogP contribution in [0.4, 0.5) is 4.79 Å². The van der Waals surface area contributed by atoms with Crippen LogP contribution in [-0.4, -0.2) is 29.3 Å². The van der Waals surface area contributed by atoms with Crippen molar-refractivity contribution in [3.63, 3.8) is 0 Å². The molecule has 1 aliphatic heterocycles. The minimum atomic E-state index is -1.05. The Labute approximate surface area is 132 Å². The number of nitrogens with zero attached hydrogens (tertiary/aromatic N) is 1. The Hall–Kier alpha value is -1.47. The van der Waals surface area contributed by atoms with Crippen LogP contribution in [0.15, 0.2) is 39.8 Å². The van der Waals surface area contributed by atoms with Crippen molar-refractivity contribution in [3.05, 3.63) is 45.4 Å². The molecular weight excluding hydrogens is 392 g/mol. The Morgan fingerprint density at radius 2 is 1.95 bits per heavy atom. The van der Waals surface area contributed by atoms with Gasteiger partial charge in [-0.3, -0.25) is 19.8 Å². The summed E-state index contributed by atoms with van der Waals surface area (Å²) in [7, 11) is 0. The molecule has 7 heteroatoms. The molecule has 0 spiro atoms. The Balaban J connectivity index is 2.40. The number of carbonyl (C=O) groups is 3. The summed E-state index contributed by atoms with van der Waals surface area (Å²) in [6.07, 6.45) is 0. The van der Waals surface area contributed by atoms with Gasteiger partial charge in [0.1, 0.15) is 5.92 Å². The summed E-state index contributed by atoms with van der Waals surface area (Å²) < 4.78 is 1.11. The van der Waals surface area contributed by atoms with E-state index in [1.807, 2.05) is 0 Å². The van der Waals surface area contributed by atoms with Crippen LogP contribution in [0.1, 0.15) is 11.5 Å². The number of halogens is 2. The molecule has 0 saturated carbocycles. The monoisotopic (exact) mass is 400 g/mol. The Morgan fingerprint density at radius 1 is 1.30 bits per heavy atom. The van der Waals surface area contributed by atoms with Crippen LogP contribution < -0.4 is 5.32 Å². The number of hydrogen-bond donors (Lipinski definition) is 1. The summed E-state index contributed by atoms with van der Waals surface area (Å²) in [4.78, 5) is 37.0. The van der Waals surface area contributed by atoms with E-state index in [0.29, 0.717) is 14.5 Å². The molecule has 0 aliphatic carbocycles. The van der Waals surface area contributed by atoms with Gasteiger partial charge in [-0.15, -0.1) is 0 Å². The molecule has 0 radical (unpaired) electrons. The zero-order valence-corrected chi connectivity index (χ0v) is 13.4. The van der Waals surface area contributed by atoms with E-state index in [-0.39, 0.29) is 6.54 Å². The van der Waals surface area contributed by atoms with Gasteiger partial charge in [0.15, 0.2) is 0 Å². The van der Waals surface area contributed by atoms with Crippen molar-refractivity contribution < 1.29 is 14.4 Å². The van der Waals surface area contributed by atoms with E-state index >= 15 is 0 Å². The number of carbonyl (C=O) groups excluding carboxylic acids is 3. The second kappa shape index (κ2) is 5.88. The lowest BCUT2D eigenvalue weighted by Gasteiger charge is -2.30. The van der Waals surface area contributed by atoms with Gasteiger partial charge in [0.25, 0.3) is 0 Å². The predicted octanol–water partition coefficient (Wildman–Crippen LogP) is 2.52. The van der Waals surface area contributed by atoms with E-state index in [1.165, 1.54) is 0 Å². The molecule has 1 aromatic carbocycles. The number of rotatable bonds is 3. The van der Waals surface area contributed by atoms with Gasteiger partial charge in [0, 0.05) is 8.96 Å². The Kier molecular flexibility index (Phi) is 4.39. The quantitative estimate of drug-likeness (QED) is 0.791. The summed E-state index contributed by atoms with van der Waals surface area (Å²) >= 11 is 6.42. The Morgan fingerprint density at radius 3 is 2.55 bits per heavy atom. The fraction of sp³-hybridized carbons (Fsp3) is 0.154. The molecule has 1 saturated heterocycles. The molecule has 1 fully saturated rings. The molecule has 4 amide bonds. The van der Waals surface area contributed by atoms with Crippen LogP contribution in [0, 0.1) is 0 Å². The Bertz CT molecular complexity index is 615. The number of amides is 4. The minimum Gasteiger partial charge on any atom is -0.277 e. The molecule has 0 aromatic heterocycles. The highest BCUT2D eigenvalue weighted by atomic mass is 79.9. The first-order valence-corrected chi connectivity index (χ1v) is 7.24. The van der Waals surface area contributed by atoms with Crippen LogP contribution in [0.5, 0.6) is 0 Å². The lowest BCUT2D eigenvalue weighted by molar-refractivity contribution is -0.138. The van der Waals surface area contributed by atoms with Gasteiger partial charge in [-0.1, -0.05) is 56.6 Å². The maximum absolute atomic E-state index is 12.4. The molecule has 1 aromatic rings. The van der Waals surface area contributed by atoms with Crippen molar-refractivity contribution in [1.29, 1.82) is 0 Å². The number of hydrogen-bond acceptors (Lipinski definition) is 3. The number of barbiturate groups is 1. The van der Waals surface area contributed by atoms with E-state index in [4.69, 9.17) is 0 Å². The van der Waals surface area contributed by atoms with Crippen LogP contribution >= 0.6 is 31.9 Å². The first-order chi connectivity index (χ1) is 9.41. The maximum atomic E-state index is 12.4. The number of nitrogens with one attached hydrogen (secondary N) is 1. The van der Waals surface area contributed by atoms with E-state index in [1.54, 1.807) is 24.3 Å². The van der Waals surface area contributed by atoms with Crippen LogP contribution in [0.2, 0.25) is 0 Å². The normalized spacial score (nSPS) is 19.0. The summed E-state index contributed by atoms with van der Waals surface area (Å²) in [5.41, 5.74) is 0.521. The third-order valence-electron chi connectivity index (χ3n) is 2.80. The molecule has 1 heterocycles. The predicted molar refractivity (Wildman–Crippen MR) is 80.2 cm³/mol. The van der Waals surface area contributed by atoms with E-state index in [9.17, 15) is 14.4 Å². The van der Waals surface area contributed by atoms with Gasteiger partial charge in [-0.25, -0.2) is 4.79 Å². The summed E-state index contributed by atoms with van der Waals surface area (Å²) in [6.45, 7) is 3.61. The summed E-state index contributed by atoms with van der Waals surface area (Å²) in [6, 6.07) is 6.18. The van der Waals surface area contributed by atoms with Gasteiger partial charge in [0.2, 0.25) is 11.8 Å². The molecule has 1 aliphatic rings. The zero-order chi connectivity index (χ0) is 14.9. The van der Waals surface area contributed by atoms with Crippen molar-refractivity contribution in [1.82, 2.24) is 10.2 Å². The van der Waals surface area contributed by atoms with E-state index < -0.39 is 23.8 Å². The van der Waals surface area contributed by atoms with Crippen LogP contribution in [0.25, 0.3) is 0 Å². The minimum absolute atomic E-state index is 0.0128. The lowest BCUT2D eigenvalue weighted by atomic mass is 9.95. The number of benzene rings is 1. The number of imide groups is 2. The lowest BCUT2D eigenvalue weighted by Crippen LogP contribution is -2.57. The van der Waals surface area contributed by atoms with Gasteiger partial charge in [0.05, 0.1) is 6.54 Å². The fourth-order valence-corrected chi connectivity index (χ4v) is 2.68.